The standard InChI is InChI=1S/C52H79N3O16P2/c1-3-5-7-9-11-12-13-14-15-16-17-18-19-20-24-28-32-36-47(57)66-40-44(69-48(58)37-33-29-25-22-21-23-27-31-35-43(56)34-30-26-10-8-6-4-2)41-67-72(62,63)71-73(64,65)68-42-45-49(59)50(60)51(70-45)55-39-38-46(53)54-52(55)61/h5-8,11-12,14-15,17-18,22-23,25-27,30-31,35,38-39,43-45,49-51,56,59-60H,3-4,9-10,13,16,19-21,24,28-29,32-34,36-37,40-42H2,1-2H3,(H,62,63)(H,64,65)(H2,53,54,61)/b7-5-,8-6-,12-11-,15-14-,18-17-,25-22-,27-23-,30-26-,35-31+/t43?,44-,45-,49-,50-,51-/m1/s1. The van der Waals surface area contributed by atoms with Gasteiger partial charge in [0.15, 0.2) is 12.3 Å². The fourth-order valence-corrected chi connectivity index (χ4v) is 8.71. The lowest BCUT2D eigenvalue weighted by Gasteiger charge is -2.21. The highest BCUT2D eigenvalue weighted by Gasteiger charge is 2.46. The molecule has 1 saturated heterocycles. The quantitative estimate of drug-likeness (QED) is 0.0118. The summed E-state index contributed by atoms with van der Waals surface area (Å²) in [6.45, 7) is 1.75. The van der Waals surface area contributed by atoms with E-state index in [2.05, 4.69) is 83.9 Å². The number of nitrogens with two attached hydrogens (primary N) is 1. The predicted octanol–water partition coefficient (Wildman–Crippen LogP) is 9.19. The third-order valence-electron chi connectivity index (χ3n) is 10.4. The van der Waals surface area contributed by atoms with Crippen LogP contribution in [0.1, 0.15) is 129 Å². The fourth-order valence-electron chi connectivity index (χ4n) is 6.60. The molecule has 3 unspecified atom stereocenters. The van der Waals surface area contributed by atoms with Gasteiger partial charge in [0.25, 0.3) is 0 Å². The summed E-state index contributed by atoms with van der Waals surface area (Å²) in [6.07, 6.45) is 40.6. The van der Waals surface area contributed by atoms with E-state index in [-0.39, 0.29) is 18.7 Å². The Labute approximate surface area is 430 Å². The van der Waals surface area contributed by atoms with Crippen molar-refractivity contribution < 1.29 is 71.4 Å². The van der Waals surface area contributed by atoms with Gasteiger partial charge >= 0.3 is 33.3 Å². The van der Waals surface area contributed by atoms with Crippen LogP contribution in [0.15, 0.2) is 126 Å². The van der Waals surface area contributed by atoms with Crippen molar-refractivity contribution in [3.63, 3.8) is 0 Å². The summed E-state index contributed by atoms with van der Waals surface area (Å²) in [7, 11) is -10.9. The number of ether oxygens (including phenoxy) is 3. The molecular weight excluding hydrogens is 985 g/mol. The molecule has 7 N–H and O–H groups in total. The molecule has 0 radical (unpaired) electrons. The van der Waals surface area contributed by atoms with Crippen LogP contribution >= 0.6 is 15.6 Å². The Bertz CT molecular complexity index is 2170. The Morgan fingerprint density at radius 1 is 0.726 bits per heavy atom. The normalized spacial score (nSPS) is 20.3. The minimum Gasteiger partial charge on any atom is -0.462 e. The van der Waals surface area contributed by atoms with Crippen LogP contribution in [-0.2, 0) is 46.3 Å². The highest BCUT2D eigenvalue weighted by molar-refractivity contribution is 7.61. The van der Waals surface area contributed by atoms with E-state index in [0.29, 0.717) is 32.1 Å². The van der Waals surface area contributed by atoms with Crippen molar-refractivity contribution in [1.29, 1.82) is 0 Å². The van der Waals surface area contributed by atoms with E-state index in [4.69, 9.17) is 29.0 Å². The number of phosphoric ester groups is 2. The van der Waals surface area contributed by atoms with Gasteiger partial charge in [0.05, 0.1) is 19.3 Å². The van der Waals surface area contributed by atoms with Gasteiger partial charge in [-0.25, -0.2) is 13.9 Å². The van der Waals surface area contributed by atoms with E-state index >= 15 is 0 Å². The van der Waals surface area contributed by atoms with Crippen LogP contribution in [-0.4, -0.2) is 96.9 Å². The van der Waals surface area contributed by atoms with Gasteiger partial charge in [-0.15, -0.1) is 0 Å². The van der Waals surface area contributed by atoms with Gasteiger partial charge in [-0.2, -0.15) is 9.29 Å². The number of nitrogens with zero attached hydrogens (tertiary/aromatic N) is 2. The van der Waals surface area contributed by atoms with E-state index in [0.717, 1.165) is 75.0 Å². The lowest BCUT2D eigenvalue weighted by Crippen LogP contribution is -2.36. The van der Waals surface area contributed by atoms with Crippen molar-refractivity contribution in [2.45, 2.75) is 160 Å². The van der Waals surface area contributed by atoms with E-state index in [1.54, 1.807) is 12.2 Å². The number of aliphatic hydroxyl groups is 3. The Morgan fingerprint density at radius 3 is 1.93 bits per heavy atom. The summed E-state index contributed by atoms with van der Waals surface area (Å²) >= 11 is 0. The number of phosphoric acid groups is 2. The number of rotatable bonds is 39. The van der Waals surface area contributed by atoms with Gasteiger partial charge in [0, 0.05) is 19.0 Å². The van der Waals surface area contributed by atoms with Crippen LogP contribution < -0.4 is 11.4 Å². The molecule has 19 nitrogen and oxygen atoms in total. The zero-order valence-electron chi connectivity index (χ0n) is 42.2. The van der Waals surface area contributed by atoms with Crippen LogP contribution in [0, 0.1) is 0 Å². The van der Waals surface area contributed by atoms with E-state index in [9.17, 15) is 48.6 Å². The first-order valence-corrected chi connectivity index (χ1v) is 28.0. The second-order valence-electron chi connectivity index (χ2n) is 16.7. The van der Waals surface area contributed by atoms with Crippen molar-refractivity contribution in [3.8, 4) is 0 Å². The molecular formula is C52H79N3O16P2. The average Bonchev–Trinajstić information content (AvgIpc) is 3.62. The highest BCUT2D eigenvalue weighted by atomic mass is 31.3. The van der Waals surface area contributed by atoms with Crippen molar-refractivity contribution in [1.82, 2.24) is 9.55 Å². The number of esters is 2. The lowest BCUT2D eigenvalue weighted by atomic mass is 10.1. The van der Waals surface area contributed by atoms with E-state index in [1.807, 2.05) is 36.5 Å². The third-order valence-corrected chi connectivity index (χ3v) is 13.0. The molecule has 1 aromatic rings. The van der Waals surface area contributed by atoms with E-state index < -0.39 is 89.8 Å². The molecule has 2 heterocycles. The molecule has 0 aliphatic carbocycles. The summed E-state index contributed by atoms with van der Waals surface area (Å²) < 4.78 is 56.6. The molecule has 0 bridgehead atoms. The molecule has 1 aliphatic heterocycles. The van der Waals surface area contributed by atoms with Crippen molar-refractivity contribution in [3.05, 3.63) is 132 Å². The average molecular weight is 1060 g/mol. The number of allylic oxidation sites excluding steroid dienone is 16. The van der Waals surface area contributed by atoms with Gasteiger partial charge in [0.2, 0.25) is 0 Å². The molecule has 0 saturated carbocycles. The van der Waals surface area contributed by atoms with Crippen molar-refractivity contribution in [2.75, 3.05) is 25.6 Å². The maximum atomic E-state index is 12.8. The first kappa shape index (κ1) is 64.5. The molecule has 73 heavy (non-hydrogen) atoms. The fraction of sp³-hybridized carbons (Fsp3) is 0.538. The summed E-state index contributed by atoms with van der Waals surface area (Å²) in [6, 6.07) is 1.24. The van der Waals surface area contributed by atoms with Crippen LogP contribution in [0.2, 0.25) is 0 Å². The zero-order chi connectivity index (χ0) is 53.6. The Balaban J connectivity index is 1.86. The minimum absolute atomic E-state index is 0.0672. The highest BCUT2D eigenvalue weighted by Crippen LogP contribution is 2.60. The molecule has 21 heteroatoms. The summed E-state index contributed by atoms with van der Waals surface area (Å²) in [5.74, 6) is -1.45. The summed E-state index contributed by atoms with van der Waals surface area (Å²) in [4.78, 5) is 61.9. The van der Waals surface area contributed by atoms with Crippen LogP contribution in [0.25, 0.3) is 0 Å². The van der Waals surface area contributed by atoms with Gasteiger partial charge in [-0.3, -0.25) is 23.2 Å². The third kappa shape index (κ3) is 31.7. The Kier molecular flexibility index (Phi) is 34.4. The molecule has 2 rings (SSSR count). The number of hydrogen-bond donors (Lipinski definition) is 6. The minimum atomic E-state index is -5.46. The lowest BCUT2D eigenvalue weighted by molar-refractivity contribution is -0.161. The van der Waals surface area contributed by atoms with E-state index in [1.165, 1.54) is 6.07 Å². The topological polar surface area (TPSA) is 286 Å². The SMILES string of the molecule is CC/C=C\C/C=C\C/C=C\C/C=C\CCCCCCC(=O)OC[C@H](COP(=O)(O)OP(=O)(O)OC[C@H]1O[C@@H](n2ccc(N)nc2=O)[C@H](O)[C@@H]1O)OC(=O)CCC/C=C\C/C=C\C=C\C(O)C/C=C\C/C=C\CC. The molecule has 8 atom stereocenters. The van der Waals surface area contributed by atoms with Crippen molar-refractivity contribution in [2.24, 2.45) is 0 Å². The molecule has 0 amide bonds. The zero-order valence-corrected chi connectivity index (χ0v) is 44.0. The maximum Gasteiger partial charge on any atom is 0.481 e. The predicted molar refractivity (Wildman–Crippen MR) is 280 cm³/mol. The molecule has 0 aromatic carbocycles. The smallest absolute Gasteiger partial charge is 0.462 e. The van der Waals surface area contributed by atoms with Gasteiger partial charge < -0.3 is 45.1 Å². The summed E-state index contributed by atoms with van der Waals surface area (Å²) in [5.41, 5.74) is 4.57. The number of aliphatic hydroxyl groups excluding tert-OH is 3. The van der Waals surface area contributed by atoms with Gasteiger partial charge in [-0.05, 0) is 89.5 Å². The Hall–Kier alpha value is -4.62. The molecule has 1 aromatic heterocycles. The number of hydrogen-bond acceptors (Lipinski definition) is 16. The summed E-state index contributed by atoms with van der Waals surface area (Å²) in [5, 5.41) is 31.0. The van der Waals surface area contributed by atoms with Crippen molar-refractivity contribution >= 4 is 33.4 Å². The van der Waals surface area contributed by atoms with Gasteiger partial charge in [0.1, 0.15) is 30.7 Å². The molecule has 1 fully saturated rings. The van der Waals surface area contributed by atoms with Crippen LogP contribution in [0.5, 0.6) is 0 Å². The first-order valence-electron chi connectivity index (χ1n) is 25.0. The maximum absolute atomic E-state index is 12.8. The number of carbonyl (C=O) groups is 2. The number of nitrogen functional groups attached to an aromatic ring is 1. The largest absolute Gasteiger partial charge is 0.481 e. The molecule has 408 valence electrons. The van der Waals surface area contributed by atoms with Crippen LogP contribution in [0.4, 0.5) is 5.82 Å². The number of unbranched alkanes of at least 4 members (excludes halogenated alkanes) is 5. The van der Waals surface area contributed by atoms with Gasteiger partial charge in [-0.1, -0.05) is 136 Å². The first-order chi connectivity index (χ1) is 35.1. The second-order valence-corrected chi connectivity index (χ2v) is 19.8. The molecule has 0 spiro atoms. The number of carbonyl (C=O) groups excluding carboxylic acids is 2. The number of anilines is 1. The molecule has 1 aliphatic rings. The monoisotopic (exact) mass is 1060 g/mol. The number of aromatic nitrogens is 2. The Morgan fingerprint density at radius 2 is 1.29 bits per heavy atom. The second kappa shape index (κ2) is 38.9. The van der Waals surface area contributed by atoms with Crippen LogP contribution in [0.3, 0.4) is 0 Å².